The summed E-state index contributed by atoms with van der Waals surface area (Å²) in [6, 6.07) is 0. The van der Waals surface area contributed by atoms with Crippen LogP contribution in [0.2, 0.25) is 0 Å². The average molecular weight is 187 g/mol. The van der Waals surface area contributed by atoms with Crippen molar-refractivity contribution < 1.29 is 9.47 Å². The molecule has 1 N–H and O–H groups in total. The lowest BCUT2D eigenvalue weighted by Crippen LogP contribution is -2.28. The lowest BCUT2D eigenvalue weighted by molar-refractivity contribution is 0.111. The Kier molecular flexibility index (Phi) is 7.99. The van der Waals surface area contributed by atoms with Crippen molar-refractivity contribution in [1.82, 2.24) is 5.32 Å². The maximum atomic E-state index is 5.31. The zero-order chi connectivity index (χ0) is 10.1. The molecular weight excluding hydrogens is 166 g/mol. The molecule has 13 heavy (non-hydrogen) atoms. The van der Waals surface area contributed by atoms with Gasteiger partial charge in [-0.15, -0.1) is 0 Å². The third kappa shape index (κ3) is 9.53. The Morgan fingerprint density at radius 2 is 2.23 bits per heavy atom. The van der Waals surface area contributed by atoms with Crippen molar-refractivity contribution in [2.24, 2.45) is 0 Å². The van der Waals surface area contributed by atoms with E-state index in [1.807, 2.05) is 13.8 Å². The summed E-state index contributed by atoms with van der Waals surface area (Å²) in [5.74, 6) is 0. The highest BCUT2D eigenvalue weighted by Gasteiger charge is 1.96. The number of methoxy groups -OCH3 is 1. The SMILES string of the molecule is C=C(C)COCCNCC(C)OC. The summed E-state index contributed by atoms with van der Waals surface area (Å²) in [6.07, 6.45) is 0.265. The van der Waals surface area contributed by atoms with Crippen LogP contribution in [0.4, 0.5) is 0 Å². The fourth-order valence-electron chi connectivity index (χ4n) is 0.779. The minimum absolute atomic E-state index is 0.265. The Bertz CT molecular complexity index is 137. The zero-order valence-electron chi connectivity index (χ0n) is 8.93. The molecule has 78 valence electrons. The van der Waals surface area contributed by atoms with E-state index < -0.39 is 0 Å². The summed E-state index contributed by atoms with van der Waals surface area (Å²) in [5, 5.41) is 3.23. The molecule has 0 bridgehead atoms. The fraction of sp³-hybridized carbons (Fsp3) is 0.800. The van der Waals surface area contributed by atoms with Gasteiger partial charge in [-0.2, -0.15) is 0 Å². The Morgan fingerprint density at radius 1 is 1.54 bits per heavy atom. The van der Waals surface area contributed by atoms with Crippen LogP contribution in [0.15, 0.2) is 12.2 Å². The molecule has 0 aromatic rings. The molecule has 0 heterocycles. The predicted molar refractivity (Wildman–Crippen MR) is 55.0 cm³/mol. The van der Waals surface area contributed by atoms with E-state index in [1.54, 1.807) is 7.11 Å². The second-order valence-electron chi connectivity index (χ2n) is 3.26. The molecule has 3 heteroatoms. The fourth-order valence-corrected chi connectivity index (χ4v) is 0.779. The number of rotatable bonds is 8. The summed E-state index contributed by atoms with van der Waals surface area (Å²) in [4.78, 5) is 0. The van der Waals surface area contributed by atoms with Gasteiger partial charge in [0.05, 0.1) is 19.3 Å². The lowest BCUT2D eigenvalue weighted by atomic mass is 10.4. The van der Waals surface area contributed by atoms with Crippen LogP contribution in [-0.2, 0) is 9.47 Å². The monoisotopic (exact) mass is 187 g/mol. The molecule has 3 nitrogen and oxygen atoms in total. The number of nitrogens with one attached hydrogen (secondary N) is 1. The Hall–Kier alpha value is -0.380. The Balaban J connectivity index is 3.04. The van der Waals surface area contributed by atoms with Crippen molar-refractivity contribution in [2.75, 3.05) is 33.4 Å². The minimum atomic E-state index is 0.265. The molecule has 0 aliphatic carbocycles. The second kappa shape index (κ2) is 8.23. The highest BCUT2D eigenvalue weighted by atomic mass is 16.5. The van der Waals surface area contributed by atoms with Gasteiger partial charge in [0.1, 0.15) is 0 Å². The van der Waals surface area contributed by atoms with Crippen LogP contribution in [0.3, 0.4) is 0 Å². The molecule has 0 aromatic carbocycles. The van der Waals surface area contributed by atoms with Gasteiger partial charge < -0.3 is 14.8 Å². The minimum Gasteiger partial charge on any atom is -0.380 e. The molecule has 0 rings (SSSR count). The third-order valence-electron chi connectivity index (χ3n) is 1.61. The van der Waals surface area contributed by atoms with E-state index in [1.165, 1.54) is 0 Å². The maximum absolute atomic E-state index is 5.31. The third-order valence-corrected chi connectivity index (χ3v) is 1.61. The molecule has 0 fully saturated rings. The molecule has 1 atom stereocenters. The standard InChI is InChI=1S/C10H21NO2/c1-9(2)8-13-6-5-11-7-10(3)12-4/h10-11H,1,5-8H2,2-4H3. The number of hydrogen-bond donors (Lipinski definition) is 1. The van der Waals surface area contributed by atoms with E-state index in [2.05, 4.69) is 11.9 Å². The molecular formula is C10H21NO2. The molecule has 0 saturated heterocycles. The first-order valence-electron chi connectivity index (χ1n) is 4.62. The van der Waals surface area contributed by atoms with Gasteiger partial charge in [0.2, 0.25) is 0 Å². The van der Waals surface area contributed by atoms with E-state index in [0.29, 0.717) is 6.61 Å². The molecule has 0 aliphatic rings. The largest absolute Gasteiger partial charge is 0.380 e. The van der Waals surface area contributed by atoms with Crippen LogP contribution in [0.25, 0.3) is 0 Å². The van der Waals surface area contributed by atoms with Gasteiger partial charge in [0.25, 0.3) is 0 Å². The first kappa shape index (κ1) is 12.6. The summed E-state index contributed by atoms with van der Waals surface area (Å²) in [6.45, 7) is 10.8. The molecule has 0 aliphatic heterocycles. The van der Waals surface area contributed by atoms with Crippen molar-refractivity contribution in [3.05, 3.63) is 12.2 Å². The van der Waals surface area contributed by atoms with Crippen molar-refractivity contribution in [3.8, 4) is 0 Å². The molecule has 1 unspecified atom stereocenters. The van der Waals surface area contributed by atoms with Crippen LogP contribution >= 0.6 is 0 Å². The molecule has 0 aromatic heterocycles. The van der Waals surface area contributed by atoms with Gasteiger partial charge >= 0.3 is 0 Å². The first-order chi connectivity index (χ1) is 6.16. The van der Waals surface area contributed by atoms with Gasteiger partial charge in [-0.3, -0.25) is 0 Å². The maximum Gasteiger partial charge on any atom is 0.0672 e. The van der Waals surface area contributed by atoms with Gasteiger partial charge in [-0.25, -0.2) is 0 Å². The van der Waals surface area contributed by atoms with E-state index >= 15 is 0 Å². The van der Waals surface area contributed by atoms with Crippen molar-refractivity contribution >= 4 is 0 Å². The molecule has 0 radical (unpaired) electrons. The van der Waals surface area contributed by atoms with Gasteiger partial charge in [-0.05, 0) is 13.8 Å². The van der Waals surface area contributed by atoms with E-state index in [0.717, 1.165) is 25.3 Å². The average Bonchev–Trinajstić information content (AvgIpc) is 2.10. The van der Waals surface area contributed by atoms with Gasteiger partial charge in [-0.1, -0.05) is 12.2 Å². The molecule has 0 spiro atoms. The molecule has 0 saturated carbocycles. The summed E-state index contributed by atoms with van der Waals surface area (Å²) in [7, 11) is 1.71. The van der Waals surface area contributed by atoms with Gasteiger partial charge in [0.15, 0.2) is 0 Å². The number of ether oxygens (including phenoxy) is 2. The smallest absolute Gasteiger partial charge is 0.0672 e. The Labute approximate surface area is 81.1 Å². The lowest BCUT2D eigenvalue weighted by Gasteiger charge is -2.10. The molecule has 0 amide bonds. The topological polar surface area (TPSA) is 30.5 Å². The van der Waals surface area contributed by atoms with E-state index in [4.69, 9.17) is 9.47 Å². The predicted octanol–water partition coefficient (Wildman–Crippen LogP) is 1.20. The zero-order valence-corrected chi connectivity index (χ0v) is 8.93. The van der Waals surface area contributed by atoms with Crippen LogP contribution in [0.5, 0.6) is 0 Å². The van der Waals surface area contributed by atoms with E-state index in [9.17, 15) is 0 Å². The summed E-state index contributed by atoms with van der Waals surface area (Å²) >= 11 is 0. The quantitative estimate of drug-likeness (QED) is 0.457. The Morgan fingerprint density at radius 3 is 2.77 bits per heavy atom. The van der Waals surface area contributed by atoms with Crippen molar-refractivity contribution in [2.45, 2.75) is 20.0 Å². The van der Waals surface area contributed by atoms with Crippen molar-refractivity contribution in [3.63, 3.8) is 0 Å². The summed E-state index contributed by atoms with van der Waals surface area (Å²) < 4.78 is 10.4. The van der Waals surface area contributed by atoms with Gasteiger partial charge in [0, 0.05) is 20.2 Å². The summed E-state index contributed by atoms with van der Waals surface area (Å²) in [5.41, 5.74) is 1.06. The highest BCUT2D eigenvalue weighted by Crippen LogP contribution is 1.87. The van der Waals surface area contributed by atoms with Crippen LogP contribution in [-0.4, -0.2) is 39.5 Å². The van der Waals surface area contributed by atoms with E-state index in [-0.39, 0.29) is 6.10 Å². The first-order valence-corrected chi connectivity index (χ1v) is 4.62. The van der Waals surface area contributed by atoms with Crippen LogP contribution in [0, 0.1) is 0 Å². The normalized spacial score (nSPS) is 12.8. The highest BCUT2D eigenvalue weighted by molar-refractivity contribution is 4.87. The second-order valence-corrected chi connectivity index (χ2v) is 3.26. The van der Waals surface area contributed by atoms with Crippen LogP contribution < -0.4 is 5.32 Å². The van der Waals surface area contributed by atoms with Crippen molar-refractivity contribution in [1.29, 1.82) is 0 Å². The van der Waals surface area contributed by atoms with Crippen LogP contribution in [0.1, 0.15) is 13.8 Å². The number of hydrogen-bond acceptors (Lipinski definition) is 3.